The standard InChI is InChI=1S/C25H28N4O2S2.2ClH/c1-15-8-16(13-32-22-6-4-18(24(26)27)11-20(22)30-2)10-17(9-15)14-33-23-7-5-19(25(28)29)12-21(23)31-3;;/h4-12H,13-14H2,1-3H3,(H3,26,27)(H3,28,29);2*1H. The van der Waals surface area contributed by atoms with Gasteiger partial charge in [0, 0.05) is 32.4 Å². The molecule has 0 saturated carbocycles. The molecule has 0 spiro atoms. The van der Waals surface area contributed by atoms with Crippen LogP contribution in [0.25, 0.3) is 0 Å². The summed E-state index contributed by atoms with van der Waals surface area (Å²) in [5.74, 6) is 3.09. The third-order valence-corrected chi connectivity index (χ3v) is 7.19. The van der Waals surface area contributed by atoms with Gasteiger partial charge in [0.05, 0.1) is 14.2 Å². The fourth-order valence-corrected chi connectivity index (χ4v) is 5.22. The number of ether oxygens (including phenoxy) is 2. The maximum absolute atomic E-state index is 7.61. The first-order chi connectivity index (χ1) is 15.8. The van der Waals surface area contributed by atoms with Gasteiger partial charge in [0.2, 0.25) is 0 Å². The minimum absolute atomic E-state index is 0. The molecule has 0 aromatic heterocycles. The number of amidine groups is 2. The van der Waals surface area contributed by atoms with Gasteiger partial charge in [0.15, 0.2) is 0 Å². The van der Waals surface area contributed by atoms with Crippen molar-refractivity contribution < 1.29 is 9.47 Å². The fourth-order valence-electron chi connectivity index (χ4n) is 3.35. The zero-order chi connectivity index (χ0) is 24.0. The SMILES string of the molecule is COc1cc(C(=N)N)ccc1SCc1cc(C)cc(CSc2ccc(C(=N)N)cc2OC)c1.Cl.Cl. The number of nitrogens with one attached hydrogen (secondary N) is 2. The average Bonchev–Trinajstić information content (AvgIpc) is 2.80. The van der Waals surface area contributed by atoms with Gasteiger partial charge in [-0.3, -0.25) is 10.8 Å². The van der Waals surface area contributed by atoms with E-state index in [0.717, 1.165) is 32.8 Å². The second-order valence-corrected chi connectivity index (χ2v) is 9.50. The monoisotopic (exact) mass is 552 g/mol. The molecule has 10 heteroatoms. The average molecular weight is 554 g/mol. The van der Waals surface area contributed by atoms with E-state index in [1.54, 1.807) is 49.9 Å². The van der Waals surface area contributed by atoms with Crippen molar-refractivity contribution in [1.29, 1.82) is 10.8 Å². The van der Waals surface area contributed by atoms with Gasteiger partial charge in [0.1, 0.15) is 23.2 Å². The Morgan fingerprint density at radius 2 is 1.11 bits per heavy atom. The molecule has 35 heavy (non-hydrogen) atoms. The topological polar surface area (TPSA) is 118 Å². The second-order valence-electron chi connectivity index (χ2n) is 7.46. The smallest absolute Gasteiger partial charge is 0.133 e. The van der Waals surface area contributed by atoms with Gasteiger partial charge in [-0.25, -0.2) is 0 Å². The molecule has 0 aliphatic carbocycles. The number of benzene rings is 3. The summed E-state index contributed by atoms with van der Waals surface area (Å²) >= 11 is 3.38. The number of methoxy groups -OCH3 is 2. The van der Waals surface area contributed by atoms with Crippen LogP contribution >= 0.6 is 48.3 Å². The predicted molar refractivity (Wildman–Crippen MR) is 153 cm³/mol. The zero-order valence-corrected chi connectivity index (χ0v) is 23.0. The van der Waals surface area contributed by atoms with Crippen LogP contribution in [-0.2, 0) is 11.5 Å². The Bertz CT molecular complexity index is 1100. The quantitative estimate of drug-likeness (QED) is 0.139. The lowest BCUT2D eigenvalue weighted by molar-refractivity contribution is 0.404. The molecule has 0 bridgehead atoms. The van der Waals surface area contributed by atoms with Gasteiger partial charge >= 0.3 is 0 Å². The Morgan fingerprint density at radius 1 is 0.714 bits per heavy atom. The van der Waals surface area contributed by atoms with Crippen LogP contribution in [0.15, 0.2) is 64.4 Å². The number of halogens is 2. The molecule has 0 fully saturated rings. The van der Waals surface area contributed by atoms with Crippen molar-refractivity contribution in [2.24, 2.45) is 11.5 Å². The summed E-state index contributed by atoms with van der Waals surface area (Å²) in [6, 6.07) is 17.8. The van der Waals surface area contributed by atoms with Crippen molar-refractivity contribution in [3.05, 3.63) is 82.4 Å². The Hall–Kier alpha value is -2.52. The van der Waals surface area contributed by atoms with Crippen LogP contribution in [0.5, 0.6) is 11.5 Å². The van der Waals surface area contributed by atoms with Crippen molar-refractivity contribution in [2.75, 3.05) is 14.2 Å². The minimum Gasteiger partial charge on any atom is -0.496 e. The van der Waals surface area contributed by atoms with Crippen molar-refractivity contribution in [2.45, 2.75) is 28.2 Å². The molecule has 3 aromatic rings. The van der Waals surface area contributed by atoms with E-state index in [0.29, 0.717) is 11.1 Å². The molecule has 0 unspecified atom stereocenters. The van der Waals surface area contributed by atoms with Crippen molar-refractivity contribution in [1.82, 2.24) is 0 Å². The molecule has 6 nitrogen and oxygen atoms in total. The van der Waals surface area contributed by atoms with E-state index in [2.05, 4.69) is 25.1 Å². The van der Waals surface area contributed by atoms with Crippen molar-refractivity contribution in [3.8, 4) is 11.5 Å². The number of thioether (sulfide) groups is 2. The van der Waals surface area contributed by atoms with Crippen LogP contribution in [-0.4, -0.2) is 25.9 Å². The van der Waals surface area contributed by atoms with E-state index in [9.17, 15) is 0 Å². The van der Waals surface area contributed by atoms with Gasteiger partial charge in [-0.2, -0.15) is 0 Å². The normalized spacial score (nSPS) is 10.0. The first-order valence-corrected chi connectivity index (χ1v) is 12.2. The van der Waals surface area contributed by atoms with Crippen LogP contribution in [0, 0.1) is 17.7 Å². The maximum Gasteiger partial charge on any atom is 0.133 e. The van der Waals surface area contributed by atoms with E-state index in [-0.39, 0.29) is 36.5 Å². The first kappa shape index (κ1) is 30.5. The maximum atomic E-state index is 7.61. The number of rotatable bonds is 10. The highest BCUT2D eigenvalue weighted by molar-refractivity contribution is 7.98. The number of nitrogen functional groups attached to an aromatic ring is 2. The lowest BCUT2D eigenvalue weighted by atomic mass is 10.1. The summed E-state index contributed by atoms with van der Waals surface area (Å²) in [5.41, 5.74) is 16.2. The van der Waals surface area contributed by atoms with Crippen molar-refractivity contribution >= 4 is 60.0 Å². The Kier molecular flexibility index (Phi) is 12.3. The van der Waals surface area contributed by atoms with Gasteiger partial charge in [-0.1, -0.05) is 23.8 Å². The summed E-state index contributed by atoms with van der Waals surface area (Å²) in [7, 11) is 3.26. The first-order valence-electron chi connectivity index (χ1n) is 10.2. The number of hydrogen-bond donors (Lipinski definition) is 4. The molecule has 0 heterocycles. The van der Waals surface area contributed by atoms with Gasteiger partial charge in [-0.15, -0.1) is 48.3 Å². The summed E-state index contributed by atoms with van der Waals surface area (Å²) in [6.07, 6.45) is 0. The zero-order valence-electron chi connectivity index (χ0n) is 19.7. The number of hydrogen-bond acceptors (Lipinski definition) is 6. The molecular formula is C25H30Cl2N4O2S2. The molecule has 0 amide bonds. The predicted octanol–water partition coefficient (Wildman–Crippen LogP) is 6.01. The van der Waals surface area contributed by atoms with Gasteiger partial charge in [0.25, 0.3) is 0 Å². The lowest BCUT2D eigenvalue weighted by Crippen LogP contribution is -2.11. The van der Waals surface area contributed by atoms with Crippen LogP contribution in [0.2, 0.25) is 0 Å². The molecule has 0 atom stereocenters. The summed E-state index contributed by atoms with van der Waals surface area (Å²) in [6.45, 7) is 2.10. The molecule has 0 radical (unpaired) electrons. The molecule has 0 saturated heterocycles. The Morgan fingerprint density at radius 3 is 1.46 bits per heavy atom. The number of aryl methyl sites for hydroxylation is 1. The van der Waals surface area contributed by atoms with E-state index in [1.165, 1.54) is 16.7 Å². The summed E-state index contributed by atoms with van der Waals surface area (Å²) < 4.78 is 11.0. The minimum atomic E-state index is 0. The van der Waals surface area contributed by atoms with E-state index in [4.69, 9.17) is 31.8 Å². The molecular weight excluding hydrogens is 523 g/mol. The highest BCUT2D eigenvalue weighted by Gasteiger charge is 2.10. The molecule has 0 aliphatic heterocycles. The van der Waals surface area contributed by atoms with Crippen LogP contribution in [0.3, 0.4) is 0 Å². The third-order valence-electron chi connectivity index (χ3n) is 4.93. The van der Waals surface area contributed by atoms with E-state index in [1.807, 2.05) is 24.3 Å². The largest absolute Gasteiger partial charge is 0.496 e. The third kappa shape index (κ3) is 8.28. The summed E-state index contributed by atoms with van der Waals surface area (Å²) in [5, 5.41) is 15.2. The van der Waals surface area contributed by atoms with Gasteiger partial charge in [-0.05, 0) is 54.4 Å². The molecule has 188 valence electrons. The van der Waals surface area contributed by atoms with Crippen LogP contribution < -0.4 is 20.9 Å². The van der Waals surface area contributed by atoms with Crippen molar-refractivity contribution in [3.63, 3.8) is 0 Å². The molecule has 0 aliphatic rings. The number of nitrogens with two attached hydrogens (primary N) is 2. The second kappa shape index (κ2) is 14.1. The van der Waals surface area contributed by atoms with Crippen LogP contribution in [0.1, 0.15) is 27.8 Å². The molecule has 3 rings (SSSR count). The van der Waals surface area contributed by atoms with E-state index < -0.39 is 0 Å². The lowest BCUT2D eigenvalue weighted by Gasteiger charge is -2.12. The van der Waals surface area contributed by atoms with Crippen LogP contribution in [0.4, 0.5) is 0 Å². The Labute approximate surface area is 227 Å². The highest BCUT2D eigenvalue weighted by Crippen LogP contribution is 2.35. The Balaban J connectivity index is 0.00000306. The highest BCUT2D eigenvalue weighted by atomic mass is 35.5. The van der Waals surface area contributed by atoms with E-state index >= 15 is 0 Å². The molecule has 6 N–H and O–H groups in total. The molecule has 3 aromatic carbocycles. The summed E-state index contributed by atoms with van der Waals surface area (Å²) in [4.78, 5) is 2.02. The fraction of sp³-hybridized carbons (Fsp3) is 0.200. The van der Waals surface area contributed by atoms with Gasteiger partial charge < -0.3 is 20.9 Å².